The first-order chi connectivity index (χ1) is 37.0. The molecule has 0 fully saturated rings. The minimum atomic E-state index is -4.39. The van der Waals surface area contributed by atoms with E-state index in [-0.39, 0.29) is 32.0 Å². The second kappa shape index (κ2) is 57.4. The fourth-order valence-corrected chi connectivity index (χ4v) is 9.86. The molecule has 0 saturated carbocycles. The van der Waals surface area contributed by atoms with Gasteiger partial charge in [0.15, 0.2) is 6.10 Å². The Morgan fingerprint density at radius 3 is 1.13 bits per heavy atom. The summed E-state index contributed by atoms with van der Waals surface area (Å²) >= 11 is 0. The molecule has 0 aliphatic heterocycles. The molecule has 0 bridgehead atoms. The van der Waals surface area contributed by atoms with Gasteiger partial charge in [0.05, 0.1) is 27.7 Å². The number of carbonyl (C=O) groups is 2. The van der Waals surface area contributed by atoms with E-state index in [9.17, 15) is 19.0 Å². The van der Waals surface area contributed by atoms with Crippen LogP contribution in [-0.2, 0) is 32.7 Å². The zero-order valence-electron chi connectivity index (χ0n) is 50.5. The third-order valence-electron chi connectivity index (χ3n) is 14.0. The summed E-state index contributed by atoms with van der Waals surface area (Å²) in [4.78, 5) is 35.7. The molecule has 76 heavy (non-hydrogen) atoms. The molecule has 0 aromatic carbocycles. The van der Waals surface area contributed by atoms with E-state index in [4.69, 9.17) is 18.5 Å². The third kappa shape index (κ3) is 60.9. The van der Waals surface area contributed by atoms with Gasteiger partial charge in [0.2, 0.25) is 0 Å². The lowest BCUT2D eigenvalue weighted by molar-refractivity contribution is -0.870. The van der Waals surface area contributed by atoms with Crippen LogP contribution in [0.25, 0.3) is 0 Å². The molecular formula is C66H123NO8P+. The van der Waals surface area contributed by atoms with Gasteiger partial charge in [0.1, 0.15) is 19.8 Å². The summed E-state index contributed by atoms with van der Waals surface area (Å²) in [6, 6.07) is 0. The van der Waals surface area contributed by atoms with Crippen LogP contribution in [0.5, 0.6) is 0 Å². The molecular weight excluding hydrogens is 966 g/mol. The number of hydrogen-bond acceptors (Lipinski definition) is 7. The molecule has 0 saturated heterocycles. The summed E-state index contributed by atoms with van der Waals surface area (Å²) in [5, 5.41) is 0. The predicted molar refractivity (Wildman–Crippen MR) is 326 cm³/mol. The molecule has 0 heterocycles. The van der Waals surface area contributed by atoms with E-state index < -0.39 is 26.5 Å². The van der Waals surface area contributed by atoms with Gasteiger partial charge >= 0.3 is 19.8 Å². The number of hydrogen-bond donors (Lipinski definition) is 1. The van der Waals surface area contributed by atoms with Crippen molar-refractivity contribution < 1.29 is 42.1 Å². The van der Waals surface area contributed by atoms with E-state index >= 15 is 0 Å². The summed E-state index contributed by atoms with van der Waals surface area (Å²) in [6.45, 7) is 4.34. The number of quaternary nitrogens is 1. The molecule has 1 N–H and O–H groups in total. The number of allylic oxidation sites excluding steroid dienone is 10. The number of nitrogens with zero attached hydrogens (tertiary/aromatic N) is 1. The van der Waals surface area contributed by atoms with Gasteiger partial charge in [-0.1, -0.05) is 267 Å². The van der Waals surface area contributed by atoms with Gasteiger partial charge in [-0.05, 0) is 77.0 Å². The number of phosphoric ester groups is 1. The first-order valence-electron chi connectivity index (χ1n) is 32.0. The maximum absolute atomic E-state index is 12.8. The fraction of sp³-hybridized carbons (Fsp3) is 0.818. The van der Waals surface area contributed by atoms with Gasteiger partial charge in [0.25, 0.3) is 0 Å². The molecule has 2 unspecified atom stereocenters. The maximum atomic E-state index is 12.8. The Morgan fingerprint density at radius 1 is 0.421 bits per heavy atom. The third-order valence-corrected chi connectivity index (χ3v) is 15.0. The Hall–Kier alpha value is -2.29. The summed E-state index contributed by atoms with van der Waals surface area (Å²) < 4.78 is 34.6. The zero-order chi connectivity index (χ0) is 55.6. The lowest BCUT2D eigenvalue weighted by atomic mass is 10.0. The number of carbonyl (C=O) groups excluding carboxylic acids is 2. The minimum absolute atomic E-state index is 0.0316. The van der Waals surface area contributed by atoms with Crippen molar-refractivity contribution in [2.45, 2.75) is 302 Å². The van der Waals surface area contributed by atoms with Crippen molar-refractivity contribution in [1.29, 1.82) is 0 Å². The van der Waals surface area contributed by atoms with Crippen LogP contribution in [0.3, 0.4) is 0 Å². The zero-order valence-corrected chi connectivity index (χ0v) is 51.4. The molecule has 9 nitrogen and oxygen atoms in total. The van der Waals surface area contributed by atoms with E-state index in [2.05, 4.69) is 74.6 Å². The van der Waals surface area contributed by atoms with E-state index in [1.54, 1.807) is 0 Å². The van der Waals surface area contributed by atoms with E-state index in [0.717, 1.165) is 77.0 Å². The van der Waals surface area contributed by atoms with Crippen LogP contribution in [0, 0.1) is 0 Å². The Labute approximate surface area is 470 Å². The number of likely N-dealkylation sites (N-methyl/N-ethyl adjacent to an activating group) is 1. The highest BCUT2D eigenvalue weighted by molar-refractivity contribution is 7.47. The first-order valence-corrected chi connectivity index (χ1v) is 33.5. The highest BCUT2D eigenvalue weighted by atomic mass is 31.2. The second-order valence-corrected chi connectivity index (χ2v) is 24.2. The highest BCUT2D eigenvalue weighted by Crippen LogP contribution is 2.43. The molecule has 0 aromatic heterocycles. The van der Waals surface area contributed by atoms with Crippen molar-refractivity contribution in [3.05, 3.63) is 60.8 Å². The summed E-state index contributed by atoms with van der Waals surface area (Å²) in [7, 11) is 1.48. The molecule has 0 amide bonds. The van der Waals surface area contributed by atoms with Crippen LogP contribution in [0.4, 0.5) is 0 Å². The molecule has 10 heteroatoms. The predicted octanol–water partition coefficient (Wildman–Crippen LogP) is 20.3. The van der Waals surface area contributed by atoms with E-state index in [0.29, 0.717) is 17.4 Å². The van der Waals surface area contributed by atoms with Crippen molar-refractivity contribution in [3.63, 3.8) is 0 Å². The summed E-state index contributed by atoms with van der Waals surface area (Å²) in [6.07, 6.45) is 74.7. The Kier molecular flexibility index (Phi) is 55.7. The summed E-state index contributed by atoms with van der Waals surface area (Å²) in [5.41, 5.74) is 0. The highest BCUT2D eigenvalue weighted by Gasteiger charge is 2.27. The molecule has 0 aliphatic carbocycles. The average Bonchev–Trinajstić information content (AvgIpc) is 3.38. The number of unbranched alkanes of at least 4 members (excludes halogenated alkanes) is 35. The Balaban J connectivity index is 3.93. The van der Waals surface area contributed by atoms with Crippen LogP contribution in [0.15, 0.2) is 60.8 Å². The normalized spacial score (nSPS) is 13.6. The fourth-order valence-electron chi connectivity index (χ4n) is 9.12. The van der Waals surface area contributed by atoms with E-state index in [1.165, 1.54) is 186 Å². The number of phosphoric acid groups is 1. The van der Waals surface area contributed by atoms with Crippen LogP contribution in [0.1, 0.15) is 296 Å². The average molecular weight is 1090 g/mol. The smallest absolute Gasteiger partial charge is 0.462 e. The van der Waals surface area contributed by atoms with Gasteiger partial charge < -0.3 is 18.9 Å². The largest absolute Gasteiger partial charge is 0.472 e. The van der Waals surface area contributed by atoms with Gasteiger partial charge in [-0.2, -0.15) is 0 Å². The van der Waals surface area contributed by atoms with Crippen LogP contribution in [-0.4, -0.2) is 74.9 Å². The number of esters is 2. The SMILES string of the molecule is CC/C=C\C/C=C\C/C=C\C/C=C\CCCCCCCCCCCCCCCCCCCCCCCCCCC(=O)OC(COC(=O)CCCCCCC/C=C\CCCCCCCC)COP(=O)(O)OCC[N+](C)(C)C. The quantitative estimate of drug-likeness (QED) is 0.0211. The lowest BCUT2D eigenvalue weighted by Crippen LogP contribution is -2.37. The second-order valence-electron chi connectivity index (χ2n) is 22.8. The lowest BCUT2D eigenvalue weighted by Gasteiger charge is -2.24. The van der Waals surface area contributed by atoms with Gasteiger partial charge in [0, 0.05) is 12.8 Å². The minimum Gasteiger partial charge on any atom is -0.462 e. The van der Waals surface area contributed by atoms with Crippen LogP contribution >= 0.6 is 7.82 Å². The van der Waals surface area contributed by atoms with Crippen LogP contribution in [0.2, 0.25) is 0 Å². The summed E-state index contributed by atoms with van der Waals surface area (Å²) in [5.74, 6) is -0.795. The first kappa shape index (κ1) is 73.7. The van der Waals surface area contributed by atoms with E-state index in [1.807, 2.05) is 21.1 Å². The van der Waals surface area contributed by atoms with Crippen LogP contribution < -0.4 is 0 Å². The van der Waals surface area contributed by atoms with Gasteiger partial charge in [-0.25, -0.2) is 4.57 Å². The Bertz CT molecular complexity index is 1470. The molecule has 0 aromatic rings. The maximum Gasteiger partial charge on any atom is 0.472 e. The number of rotatable bonds is 59. The number of ether oxygens (including phenoxy) is 2. The van der Waals surface area contributed by atoms with Crippen molar-refractivity contribution in [3.8, 4) is 0 Å². The molecule has 444 valence electrons. The van der Waals surface area contributed by atoms with Crippen molar-refractivity contribution in [2.24, 2.45) is 0 Å². The standard InChI is InChI=1S/C66H122NO8P/c1-6-8-10-12-14-16-18-20-22-23-24-25-26-27-28-29-30-31-32-33-34-35-36-37-38-39-40-41-42-43-45-47-49-51-53-55-57-59-66(69)75-64(63-74-76(70,71)73-61-60-67(3,4)5)62-72-65(68)58-56-54-52-50-48-46-44-21-19-17-15-13-11-9-7-2/h8,10,14,16,20-22,24-25,44,64H,6-7,9,11-13,15,17-19,23,26-43,45-63H2,1-5H3/p+1/b10-8-,16-14-,22-20-,25-24-,44-21-. The van der Waals surface area contributed by atoms with Gasteiger partial charge in [-0.3, -0.25) is 18.6 Å². The molecule has 0 rings (SSSR count). The monoisotopic (exact) mass is 1090 g/mol. The van der Waals surface area contributed by atoms with Crippen molar-refractivity contribution in [2.75, 3.05) is 47.5 Å². The van der Waals surface area contributed by atoms with Crippen molar-refractivity contribution in [1.82, 2.24) is 0 Å². The van der Waals surface area contributed by atoms with Gasteiger partial charge in [-0.15, -0.1) is 0 Å². The Morgan fingerprint density at radius 2 is 0.750 bits per heavy atom. The molecule has 0 radical (unpaired) electrons. The topological polar surface area (TPSA) is 108 Å². The molecule has 0 aliphatic rings. The molecule has 2 atom stereocenters. The molecule has 0 spiro atoms. The van der Waals surface area contributed by atoms with Crippen molar-refractivity contribution >= 4 is 19.8 Å².